The number of rotatable bonds is 4. The molecule has 0 radical (unpaired) electrons. The molecule has 2 rings (SSSR count). The van der Waals surface area contributed by atoms with E-state index in [1.165, 1.54) is 12.1 Å². The van der Waals surface area contributed by atoms with Gasteiger partial charge in [-0.05, 0) is 38.0 Å². The predicted molar refractivity (Wildman–Crippen MR) is 73.7 cm³/mol. The SMILES string of the molecule is CCOC1CCCN(c2ccc(C=O)cc2C(F)(F)F)C1. The fourth-order valence-electron chi connectivity index (χ4n) is 2.66. The molecule has 1 aromatic rings. The summed E-state index contributed by atoms with van der Waals surface area (Å²) in [5.41, 5.74) is -0.605. The summed E-state index contributed by atoms with van der Waals surface area (Å²) >= 11 is 0. The van der Waals surface area contributed by atoms with E-state index in [2.05, 4.69) is 0 Å². The number of alkyl halides is 3. The zero-order valence-electron chi connectivity index (χ0n) is 11.8. The van der Waals surface area contributed by atoms with Crippen LogP contribution in [0.3, 0.4) is 0 Å². The van der Waals surface area contributed by atoms with Crippen molar-refractivity contribution < 1.29 is 22.7 Å². The van der Waals surface area contributed by atoms with Crippen LogP contribution in [0, 0.1) is 0 Å². The number of nitrogens with zero attached hydrogens (tertiary/aromatic N) is 1. The van der Waals surface area contributed by atoms with Gasteiger partial charge >= 0.3 is 6.18 Å². The second-order valence-electron chi connectivity index (χ2n) is 5.06. The highest BCUT2D eigenvalue weighted by Gasteiger charge is 2.36. The minimum absolute atomic E-state index is 0.0319. The van der Waals surface area contributed by atoms with Gasteiger partial charge in [0, 0.05) is 30.9 Å². The molecule has 0 N–H and O–H groups in total. The Kier molecular flexibility index (Phi) is 4.88. The van der Waals surface area contributed by atoms with Gasteiger partial charge in [-0.2, -0.15) is 13.2 Å². The fourth-order valence-corrected chi connectivity index (χ4v) is 2.66. The van der Waals surface area contributed by atoms with Gasteiger partial charge in [0.2, 0.25) is 0 Å². The van der Waals surface area contributed by atoms with E-state index in [-0.39, 0.29) is 17.4 Å². The summed E-state index contributed by atoms with van der Waals surface area (Å²) in [6.07, 6.45) is -2.45. The number of carbonyl (C=O) groups excluding carboxylic acids is 1. The van der Waals surface area contributed by atoms with Crippen LogP contribution in [0.4, 0.5) is 18.9 Å². The molecule has 1 fully saturated rings. The molecule has 21 heavy (non-hydrogen) atoms. The second-order valence-corrected chi connectivity index (χ2v) is 5.06. The van der Waals surface area contributed by atoms with Crippen LogP contribution < -0.4 is 4.90 Å². The van der Waals surface area contributed by atoms with E-state index in [1.54, 1.807) is 4.90 Å². The molecule has 3 nitrogen and oxygen atoms in total. The molecule has 0 bridgehead atoms. The Morgan fingerprint density at radius 3 is 2.81 bits per heavy atom. The number of carbonyl (C=O) groups is 1. The van der Waals surface area contributed by atoms with Gasteiger partial charge in [-0.1, -0.05) is 0 Å². The van der Waals surface area contributed by atoms with Crippen molar-refractivity contribution in [3.63, 3.8) is 0 Å². The molecule has 1 unspecified atom stereocenters. The third-order valence-corrected chi connectivity index (χ3v) is 3.58. The van der Waals surface area contributed by atoms with Crippen molar-refractivity contribution in [3.8, 4) is 0 Å². The molecule has 1 atom stereocenters. The minimum atomic E-state index is -4.48. The van der Waals surface area contributed by atoms with E-state index in [1.807, 2.05) is 6.92 Å². The van der Waals surface area contributed by atoms with E-state index in [9.17, 15) is 18.0 Å². The number of halogens is 3. The number of benzene rings is 1. The monoisotopic (exact) mass is 301 g/mol. The molecule has 1 aromatic carbocycles. The van der Waals surface area contributed by atoms with Crippen molar-refractivity contribution in [2.75, 3.05) is 24.6 Å². The minimum Gasteiger partial charge on any atom is -0.377 e. The highest BCUT2D eigenvalue weighted by Crippen LogP contribution is 2.38. The normalized spacial score (nSPS) is 19.6. The zero-order valence-corrected chi connectivity index (χ0v) is 11.8. The number of aldehydes is 1. The maximum Gasteiger partial charge on any atom is 0.418 e. The summed E-state index contributed by atoms with van der Waals surface area (Å²) in [6.45, 7) is 3.43. The quantitative estimate of drug-likeness (QED) is 0.797. The Balaban J connectivity index is 2.31. The molecule has 1 heterocycles. The lowest BCUT2D eigenvalue weighted by atomic mass is 10.0. The van der Waals surface area contributed by atoms with Crippen molar-refractivity contribution in [1.29, 1.82) is 0 Å². The van der Waals surface area contributed by atoms with Crippen LogP contribution >= 0.6 is 0 Å². The first kappa shape index (κ1) is 15.8. The van der Waals surface area contributed by atoms with Gasteiger partial charge in [0.25, 0.3) is 0 Å². The van der Waals surface area contributed by atoms with Crippen molar-refractivity contribution in [1.82, 2.24) is 0 Å². The molecule has 1 saturated heterocycles. The molecular weight excluding hydrogens is 283 g/mol. The van der Waals surface area contributed by atoms with Crippen LogP contribution in [-0.2, 0) is 10.9 Å². The van der Waals surface area contributed by atoms with Crippen LogP contribution in [0.1, 0.15) is 35.7 Å². The summed E-state index contributed by atoms with van der Waals surface area (Å²) in [5, 5.41) is 0. The van der Waals surface area contributed by atoms with E-state index >= 15 is 0 Å². The first-order valence-corrected chi connectivity index (χ1v) is 6.98. The van der Waals surface area contributed by atoms with Crippen molar-refractivity contribution in [2.45, 2.75) is 32.0 Å². The molecule has 1 aliphatic heterocycles. The van der Waals surface area contributed by atoms with Gasteiger partial charge in [0.15, 0.2) is 0 Å². The highest BCUT2D eigenvalue weighted by atomic mass is 19.4. The third-order valence-electron chi connectivity index (χ3n) is 3.58. The maximum atomic E-state index is 13.2. The average molecular weight is 301 g/mol. The van der Waals surface area contributed by atoms with Gasteiger partial charge in [0.05, 0.1) is 11.7 Å². The Hall–Kier alpha value is -1.56. The van der Waals surface area contributed by atoms with Crippen LogP contribution in [0.5, 0.6) is 0 Å². The van der Waals surface area contributed by atoms with Gasteiger partial charge < -0.3 is 9.64 Å². The predicted octanol–water partition coefficient (Wildman–Crippen LogP) is 3.52. The molecule has 1 aliphatic rings. The van der Waals surface area contributed by atoms with Gasteiger partial charge in [-0.15, -0.1) is 0 Å². The van der Waals surface area contributed by atoms with Crippen molar-refractivity contribution in [3.05, 3.63) is 29.3 Å². The van der Waals surface area contributed by atoms with E-state index in [0.29, 0.717) is 26.0 Å². The van der Waals surface area contributed by atoms with Gasteiger partial charge in [-0.25, -0.2) is 0 Å². The van der Waals surface area contributed by atoms with Gasteiger partial charge in [0.1, 0.15) is 6.29 Å². The fraction of sp³-hybridized carbons (Fsp3) is 0.533. The van der Waals surface area contributed by atoms with Crippen LogP contribution in [0.25, 0.3) is 0 Å². The first-order chi connectivity index (χ1) is 9.95. The molecule has 0 aromatic heterocycles. The van der Waals surface area contributed by atoms with E-state index in [0.717, 1.165) is 18.9 Å². The average Bonchev–Trinajstić information content (AvgIpc) is 2.46. The molecule has 0 saturated carbocycles. The Morgan fingerprint density at radius 2 is 2.19 bits per heavy atom. The standard InChI is InChI=1S/C15H18F3NO2/c1-2-21-12-4-3-7-19(9-12)14-6-5-11(10-20)8-13(14)15(16,17)18/h5-6,8,10,12H,2-4,7,9H2,1H3. The molecule has 0 amide bonds. The summed E-state index contributed by atoms with van der Waals surface area (Å²) in [6, 6.07) is 3.70. The van der Waals surface area contributed by atoms with Crippen LogP contribution in [0.2, 0.25) is 0 Å². The number of anilines is 1. The summed E-state index contributed by atoms with van der Waals surface area (Å²) in [5.74, 6) is 0. The number of piperidine rings is 1. The number of hydrogen-bond donors (Lipinski definition) is 0. The third kappa shape index (κ3) is 3.75. The summed E-state index contributed by atoms with van der Waals surface area (Å²) < 4.78 is 45.1. The lowest BCUT2D eigenvalue weighted by Crippen LogP contribution is -2.40. The first-order valence-electron chi connectivity index (χ1n) is 6.98. The Bertz CT molecular complexity index is 500. The summed E-state index contributed by atoms with van der Waals surface area (Å²) in [7, 11) is 0. The molecule has 0 aliphatic carbocycles. The highest BCUT2D eigenvalue weighted by molar-refractivity contribution is 5.77. The van der Waals surface area contributed by atoms with Crippen LogP contribution in [-0.4, -0.2) is 32.1 Å². The molecule has 0 spiro atoms. The zero-order chi connectivity index (χ0) is 15.5. The molecule has 6 heteroatoms. The smallest absolute Gasteiger partial charge is 0.377 e. The Morgan fingerprint density at radius 1 is 1.43 bits per heavy atom. The lowest BCUT2D eigenvalue weighted by Gasteiger charge is -2.35. The van der Waals surface area contributed by atoms with E-state index < -0.39 is 11.7 Å². The molecular formula is C15H18F3NO2. The van der Waals surface area contributed by atoms with Gasteiger partial charge in [-0.3, -0.25) is 4.79 Å². The lowest BCUT2D eigenvalue weighted by molar-refractivity contribution is -0.137. The largest absolute Gasteiger partial charge is 0.418 e. The van der Waals surface area contributed by atoms with E-state index in [4.69, 9.17) is 4.74 Å². The summed E-state index contributed by atoms with van der Waals surface area (Å²) in [4.78, 5) is 12.4. The topological polar surface area (TPSA) is 29.5 Å². The maximum absolute atomic E-state index is 13.2. The Labute approximate surface area is 121 Å². The van der Waals surface area contributed by atoms with Crippen molar-refractivity contribution in [2.24, 2.45) is 0 Å². The second kappa shape index (κ2) is 6.47. The van der Waals surface area contributed by atoms with Crippen LogP contribution in [0.15, 0.2) is 18.2 Å². The number of hydrogen-bond acceptors (Lipinski definition) is 3. The van der Waals surface area contributed by atoms with Crippen molar-refractivity contribution >= 4 is 12.0 Å². The number of ether oxygens (including phenoxy) is 1. The molecule has 116 valence electrons.